The lowest BCUT2D eigenvalue weighted by atomic mass is 9.96. The third kappa shape index (κ3) is 9.33. The Bertz CT molecular complexity index is 1990. The smallest absolute Gasteiger partial charge is 0.303 e. The zero-order valence-electron chi connectivity index (χ0n) is 30.0. The molecule has 0 amide bonds. The van der Waals surface area contributed by atoms with Gasteiger partial charge in [-0.05, 0) is 39.4 Å². The molecule has 8 atom stereocenters. The van der Waals surface area contributed by atoms with Crippen molar-refractivity contribution < 1.29 is 38.0 Å². The van der Waals surface area contributed by atoms with Gasteiger partial charge in [0.2, 0.25) is 0 Å². The van der Waals surface area contributed by atoms with Crippen molar-refractivity contribution >= 4 is 16.7 Å². The van der Waals surface area contributed by atoms with Crippen LogP contribution in [0.15, 0.2) is 139 Å². The average molecular weight is 730 g/mol. The summed E-state index contributed by atoms with van der Waals surface area (Å²) >= 11 is 0. The van der Waals surface area contributed by atoms with Crippen molar-refractivity contribution in [3.05, 3.63) is 166 Å². The first-order chi connectivity index (χ1) is 26.6. The number of hydrogen-bond donors (Lipinski definition) is 0. The number of azide groups is 1. The highest BCUT2D eigenvalue weighted by molar-refractivity contribution is 5.85. The molecular formula is C43H43N3O8. The summed E-state index contributed by atoms with van der Waals surface area (Å²) in [6.45, 7) is 1.90. The first-order valence-electron chi connectivity index (χ1n) is 18.1. The van der Waals surface area contributed by atoms with Gasteiger partial charge in [0, 0.05) is 17.4 Å². The van der Waals surface area contributed by atoms with Crippen LogP contribution in [0.25, 0.3) is 21.2 Å². The molecule has 0 saturated carbocycles. The maximum Gasteiger partial charge on any atom is 0.303 e. The van der Waals surface area contributed by atoms with Crippen LogP contribution >= 0.6 is 0 Å². The molecule has 11 nitrogen and oxygen atoms in total. The van der Waals surface area contributed by atoms with E-state index in [9.17, 15) is 10.3 Å². The standard InChI is InChI=1S/C43H43N3O8/c1-29(47)52-40-39-38(28-51-42(54-39)33-19-9-4-10-20-33)53-43(41(40)49-26-31-16-7-3-8-17-31)50-27-36(45-46-44)37(48-25-30-14-5-2-6-15-30)24-34-22-13-21-32-18-11-12-23-35(32)34/h2-23,36-43H,24-28H2,1H3/t36-,37-,38+,39-,40-,41+,42?,43-/m0/s1. The normalized spacial score (nSPS) is 23.4. The number of nitrogens with zero attached hydrogens (tertiary/aromatic N) is 3. The Balaban J connectivity index is 1.16. The van der Waals surface area contributed by atoms with Gasteiger partial charge in [0.15, 0.2) is 18.7 Å². The summed E-state index contributed by atoms with van der Waals surface area (Å²) in [7, 11) is 0. The molecule has 0 aliphatic carbocycles. The molecule has 54 heavy (non-hydrogen) atoms. The van der Waals surface area contributed by atoms with E-state index in [1.54, 1.807) is 0 Å². The van der Waals surface area contributed by atoms with Crippen LogP contribution in [0.2, 0.25) is 0 Å². The number of benzene rings is 5. The number of fused-ring (bicyclic) bond motifs is 2. The Labute approximate surface area is 314 Å². The van der Waals surface area contributed by atoms with E-state index < -0.39 is 55.1 Å². The van der Waals surface area contributed by atoms with E-state index in [1.807, 2.05) is 109 Å². The van der Waals surface area contributed by atoms with Gasteiger partial charge in [-0.15, -0.1) is 0 Å². The number of esters is 1. The van der Waals surface area contributed by atoms with Gasteiger partial charge >= 0.3 is 5.97 Å². The number of hydrogen-bond acceptors (Lipinski definition) is 9. The van der Waals surface area contributed by atoms with Crippen LogP contribution in [0.3, 0.4) is 0 Å². The molecular weight excluding hydrogens is 686 g/mol. The summed E-state index contributed by atoms with van der Waals surface area (Å²) in [6, 6.07) is 42.5. The number of ether oxygens (including phenoxy) is 7. The van der Waals surface area contributed by atoms with Crippen molar-refractivity contribution in [2.75, 3.05) is 13.2 Å². The second-order valence-corrected chi connectivity index (χ2v) is 13.3. The summed E-state index contributed by atoms with van der Waals surface area (Å²) in [6.07, 6.45) is -5.10. The summed E-state index contributed by atoms with van der Waals surface area (Å²) in [5.41, 5.74) is 13.6. The number of carbonyl (C=O) groups is 1. The van der Waals surface area contributed by atoms with Crippen LogP contribution in [0.1, 0.15) is 35.5 Å². The van der Waals surface area contributed by atoms with Crippen LogP contribution in [0.5, 0.6) is 0 Å². The van der Waals surface area contributed by atoms with Crippen LogP contribution in [0.4, 0.5) is 0 Å². The van der Waals surface area contributed by atoms with Gasteiger partial charge in [0.1, 0.15) is 18.3 Å². The second-order valence-electron chi connectivity index (χ2n) is 13.3. The third-order valence-corrected chi connectivity index (χ3v) is 9.61. The molecule has 5 aromatic rings. The molecule has 2 saturated heterocycles. The molecule has 0 aromatic heterocycles. The van der Waals surface area contributed by atoms with Crippen molar-refractivity contribution in [2.24, 2.45) is 5.11 Å². The van der Waals surface area contributed by atoms with Crippen molar-refractivity contribution in [2.45, 2.75) is 75.7 Å². The largest absolute Gasteiger partial charge is 0.457 e. The van der Waals surface area contributed by atoms with E-state index in [-0.39, 0.29) is 19.8 Å². The van der Waals surface area contributed by atoms with Crippen LogP contribution in [0, 0.1) is 0 Å². The molecule has 7 rings (SSSR count). The third-order valence-electron chi connectivity index (χ3n) is 9.61. The molecule has 2 aliphatic rings. The zero-order valence-corrected chi connectivity index (χ0v) is 30.0. The highest BCUT2D eigenvalue weighted by atomic mass is 16.8. The lowest BCUT2D eigenvalue weighted by molar-refractivity contribution is -0.368. The highest BCUT2D eigenvalue weighted by Gasteiger charge is 2.53. The lowest BCUT2D eigenvalue weighted by Crippen LogP contribution is -2.64. The fraction of sp³-hybridized carbons (Fsp3) is 0.326. The van der Waals surface area contributed by atoms with E-state index >= 15 is 0 Å². The number of carbonyl (C=O) groups excluding carboxylic acids is 1. The van der Waals surface area contributed by atoms with Gasteiger partial charge in [0.25, 0.3) is 0 Å². The van der Waals surface area contributed by atoms with Gasteiger partial charge in [-0.25, -0.2) is 0 Å². The van der Waals surface area contributed by atoms with Gasteiger partial charge in [-0.1, -0.05) is 139 Å². The van der Waals surface area contributed by atoms with Gasteiger partial charge in [0.05, 0.1) is 38.6 Å². The van der Waals surface area contributed by atoms with E-state index in [2.05, 4.69) is 34.3 Å². The highest BCUT2D eigenvalue weighted by Crippen LogP contribution is 2.37. The van der Waals surface area contributed by atoms with Gasteiger partial charge in [-0.2, -0.15) is 0 Å². The van der Waals surface area contributed by atoms with Crippen molar-refractivity contribution in [3.8, 4) is 0 Å². The summed E-state index contributed by atoms with van der Waals surface area (Å²) in [5.74, 6) is -0.504. The Kier molecular flexibility index (Phi) is 12.6. The molecule has 2 heterocycles. The first kappa shape index (κ1) is 37.2. The minimum Gasteiger partial charge on any atom is -0.457 e. The first-order valence-corrected chi connectivity index (χ1v) is 18.1. The molecule has 0 spiro atoms. The van der Waals surface area contributed by atoms with Crippen molar-refractivity contribution in [1.82, 2.24) is 0 Å². The predicted octanol–water partition coefficient (Wildman–Crippen LogP) is 8.02. The number of rotatable bonds is 15. The van der Waals surface area contributed by atoms with E-state index in [4.69, 9.17) is 33.2 Å². The fourth-order valence-corrected chi connectivity index (χ4v) is 6.97. The second kappa shape index (κ2) is 18.3. The zero-order chi connectivity index (χ0) is 37.1. The molecule has 11 heteroatoms. The summed E-state index contributed by atoms with van der Waals surface area (Å²) in [5, 5.41) is 6.39. The van der Waals surface area contributed by atoms with Crippen molar-refractivity contribution in [1.29, 1.82) is 0 Å². The van der Waals surface area contributed by atoms with Crippen LogP contribution in [-0.2, 0) is 57.6 Å². The molecule has 5 aromatic carbocycles. The molecule has 0 N–H and O–H groups in total. The molecule has 2 aliphatic heterocycles. The fourth-order valence-electron chi connectivity index (χ4n) is 6.97. The maximum absolute atomic E-state index is 12.6. The van der Waals surface area contributed by atoms with Gasteiger partial charge < -0.3 is 33.2 Å². The monoisotopic (exact) mass is 729 g/mol. The molecule has 2 fully saturated rings. The quantitative estimate of drug-likeness (QED) is 0.0459. The molecule has 1 unspecified atom stereocenters. The minimum absolute atomic E-state index is 0.0807. The topological polar surface area (TPSA) is 130 Å². The van der Waals surface area contributed by atoms with Crippen molar-refractivity contribution in [3.63, 3.8) is 0 Å². The van der Waals surface area contributed by atoms with Gasteiger partial charge in [-0.3, -0.25) is 4.79 Å². The summed E-state index contributed by atoms with van der Waals surface area (Å²) < 4.78 is 44.7. The van der Waals surface area contributed by atoms with E-state index in [0.29, 0.717) is 13.0 Å². The Morgan fingerprint density at radius 3 is 2.19 bits per heavy atom. The molecule has 0 radical (unpaired) electrons. The molecule has 278 valence electrons. The van der Waals surface area contributed by atoms with Crippen LogP contribution in [-0.4, -0.2) is 62.0 Å². The molecule has 0 bridgehead atoms. The Morgan fingerprint density at radius 2 is 1.46 bits per heavy atom. The summed E-state index contributed by atoms with van der Waals surface area (Å²) in [4.78, 5) is 15.9. The average Bonchev–Trinajstić information content (AvgIpc) is 3.21. The SMILES string of the molecule is CC(=O)O[C@H]1[C@H]2OC(c3ccccc3)OC[C@H]2O[C@H](OC[C@H](N=[N+]=[N-])[C@H](Cc2cccc3ccccc23)OCc2ccccc2)[C@@H]1OCc1ccccc1. The Morgan fingerprint density at radius 1 is 0.796 bits per heavy atom. The minimum atomic E-state index is -1.05. The van der Waals surface area contributed by atoms with E-state index in [1.165, 1.54) is 6.92 Å². The Hall–Kier alpha value is -5.10. The maximum atomic E-state index is 12.6. The van der Waals surface area contributed by atoms with E-state index in [0.717, 1.165) is 33.0 Å². The van der Waals surface area contributed by atoms with Crippen LogP contribution < -0.4 is 0 Å². The lowest BCUT2D eigenvalue weighted by Gasteiger charge is -2.48. The predicted molar refractivity (Wildman–Crippen MR) is 201 cm³/mol.